The molecular formula is C74H80N4. The molecular weight excluding hydrogens is 945 g/mol. The normalized spacial score (nSPS) is 19.8. The van der Waals surface area contributed by atoms with Crippen molar-refractivity contribution in [1.29, 1.82) is 0 Å². The molecule has 6 aromatic carbocycles. The molecule has 0 aliphatic heterocycles. The summed E-state index contributed by atoms with van der Waals surface area (Å²) in [6.07, 6.45) is 12.3. The lowest BCUT2D eigenvalue weighted by molar-refractivity contribution is 0.358. The predicted octanol–water partition coefficient (Wildman–Crippen LogP) is 20.8. The molecule has 0 N–H and O–H groups in total. The highest BCUT2D eigenvalue weighted by atomic mass is 15.2. The molecule has 3 unspecified atom stereocenters. The number of aromatic nitrogens is 2. The minimum atomic E-state index is 0.159. The predicted molar refractivity (Wildman–Crippen MR) is 339 cm³/mol. The Hall–Kier alpha value is -7.04. The molecule has 4 aromatic heterocycles. The van der Waals surface area contributed by atoms with Gasteiger partial charge in [0, 0.05) is 54.5 Å². The van der Waals surface area contributed by atoms with E-state index in [-0.39, 0.29) is 12.1 Å². The summed E-state index contributed by atoms with van der Waals surface area (Å²) in [5.41, 5.74) is 27.4. The Kier molecular flexibility index (Phi) is 11.8. The number of rotatable bonds is 10. The number of nitrogens with zero attached hydrogens (tertiary/aromatic N) is 4. The first kappa shape index (κ1) is 50.5. The van der Waals surface area contributed by atoms with Crippen LogP contribution in [0, 0.1) is 43.4 Å². The fourth-order valence-corrected chi connectivity index (χ4v) is 17.0. The Bertz CT molecular complexity index is 4310. The van der Waals surface area contributed by atoms with Gasteiger partial charge in [0.2, 0.25) is 0 Å². The molecule has 0 fully saturated rings. The van der Waals surface area contributed by atoms with E-state index >= 15 is 0 Å². The molecule has 0 radical (unpaired) electrons. The monoisotopic (exact) mass is 1020 g/mol. The molecule has 0 saturated carbocycles. The van der Waals surface area contributed by atoms with Gasteiger partial charge in [-0.2, -0.15) is 0 Å². The van der Waals surface area contributed by atoms with Crippen molar-refractivity contribution in [3.63, 3.8) is 0 Å². The molecule has 3 aliphatic rings. The summed E-state index contributed by atoms with van der Waals surface area (Å²) in [5.74, 6) is 2.96. The maximum Gasteiger partial charge on any atom is 0.0641 e. The number of benzene rings is 6. The van der Waals surface area contributed by atoms with Crippen molar-refractivity contribution in [2.75, 3.05) is 9.80 Å². The quantitative estimate of drug-likeness (QED) is 0.136. The maximum absolute atomic E-state index is 2.74. The second-order valence-corrected chi connectivity index (χ2v) is 25.7. The molecule has 0 amide bonds. The lowest BCUT2D eigenvalue weighted by atomic mass is 9.75. The van der Waals surface area contributed by atoms with Crippen molar-refractivity contribution in [2.24, 2.45) is 29.6 Å². The highest BCUT2D eigenvalue weighted by Crippen LogP contribution is 2.52. The largest absolute Gasteiger partial charge is 0.334 e. The zero-order chi connectivity index (χ0) is 54.7. The van der Waals surface area contributed by atoms with Crippen molar-refractivity contribution >= 4 is 93.3 Å². The van der Waals surface area contributed by atoms with Gasteiger partial charge in [0.1, 0.15) is 0 Å². The number of para-hydroxylation sites is 2. The highest BCUT2D eigenvalue weighted by Gasteiger charge is 2.35. The van der Waals surface area contributed by atoms with Crippen LogP contribution in [0.3, 0.4) is 0 Å². The zero-order valence-electron chi connectivity index (χ0n) is 49.4. The summed E-state index contributed by atoms with van der Waals surface area (Å²) in [4.78, 5) is 5.45. The first-order valence-electron chi connectivity index (χ1n) is 29.5. The molecule has 396 valence electrons. The van der Waals surface area contributed by atoms with E-state index < -0.39 is 0 Å². The van der Waals surface area contributed by atoms with Gasteiger partial charge in [-0.15, -0.1) is 0 Å². The maximum atomic E-state index is 2.74. The van der Waals surface area contributed by atoms with E-state index in [1.165, 1.54) is 155 Å². The highest BCUT2D eigenvalue weighted by molar-refractivity contribution is 6.32. The fourth-order valence-electron chi connectivity index (χ4n) is 17.0. The van der Waals surface area contributed by atoms with Gasteiger partial charge in [-0.25, -0.2) is 0 Å². The number of hydrogen-bond acceptors (Lipinski definition) is 2. The average molecular weight is 1030 g/mol. The van der Waals surface area contributed by atoms with Gasteiger partial charge in [0.25, 0.3) is 0 Å². The van der Waals surface area contributed by atoms with Crippen LogP contribution in [0.15, 0.2) is 166 Å². The van der Waals surface area contributed by atoms with E-state index in [4.69, 9.17) is 0 Å². The van der Waals surface area contributed by atoms with Gasteiger partial charge in [-0.3, -0.25) is 0 Å². The standard InChI is InChI=1S/C74H80N4/c1-39(2)67-43(9)29-51(30-44(67)10)75(52-31-45(11)68(40(3)4)46(12)32-52)63-27-25-55-59-37-66-60(38-65(59)77-61-23-19-17-21-57(61)71(63)73(55)77)56-26-28-64(72-58-22-18-20-24-62(58)78(66)74(56)72)76(53-33-47(13)69(41(5)6)48(14)34-53)54-35-49(15)70(42(7)8)50(16)36-54/h17-31,33-35,37-43,52,54,67H,32,36H2,1-16H3/t43-,52?,54?,67?/m1/s1. The van der Waals surface area contributed by atoms with Crippen molar-refractivity contribution in [3.05, 3.63) is 183 Å². The second-order valence-electron chi connectivity index (χ2n) is 25.7. The number of fused-ring (bicyclic) bond motifs is 12. The number of hydrogen-bond donors (Lipinski definition) is 0. The van der Waals surface area contributed by atoms with Gasteiger partial charge in [0.15, 0.2) is 0 Å². The Morgan fingerprint density at radius 3 is 1.37 bits per heavy atom. The number of allylic oxidation sites excluding steroid dienone is 7. The molecule has 3 aliphatic carbocycles. The van der Waals surface area contributed by atoms with Crippen LogP contribution in [0.5, 0.6) is 0 Å². The zero-order valence-corrected chi connectivity index (χ0v) is 49.4. The van der Waals surface area contributed by atoms with E-state index in [1.807, 2.05) is 0 Å². The van der Waals surface area contributed by atoms with Crippen molar-refractivity contribution in [3.8, 4) is 0 Å². The molecule has 10 aromatic rings. The lowest BCUT2D eigenvalue weighted by Gasteiger charge is -2.40. The lowest BCUT2D eigenvalue weighted by Crippen LogP contribution is -2.37. The minimum Gasteiger partial charge on any atom is -0.334 e. The molecule has 0 bridgehead atoms. The fraction of sp³-hybridized carbons (Fsp3) is 0.351. The Morgan fingerprint density at radius 2 is 0.936 bits per heavy atom. The van der Waals surface area contributed by atoms with E-state index in [0.29, 0.717) is 35.5 Å². The summed E-state index contributed by atoms with van der Waals surface area (Å²) in [7, 11) is 0. The van der Waals surface area contributed by atoms with Crippen molar-refractivity contribution in [1.82, 2.24) is 8.80 Å². The molecule has 78 heavy (non-hydrogen) atoms. The van der Waals surface area contributed by atoms with Crippen LogP contribution in [0.1, 0.15) is 132 Å². The molecule has 4 heterocycles. The van der Waals surface area contributed by atoms with E-state index in [9.17, 15) is 0 Å². The molecule has 0 spiro atoms. The number of anilines is 3. The van der Waals surface area contributed by atoms with E-state index in [0.717, 1.165) is 12.8 Å². The first-order valence-corrected chi connectivity index (χ1v) is 29.5. The molecule has 4 atom stereocenters. The van der Waals surface area contributed by atoms with Crippen LogP contribution in [-0.2, 0) is 0 Å². The van der Waals surface area contributed by atoms with Gasteiger partial charge in [0.05, 0.1) is 56.6 Å². The van der Waals surface area contributed by atoms with E-state index in [2.05, 4.69) is 251 Å². The molecule has 0 saturated heterocycles. The Labute approximate surface area is 463 Å². The molecule has 4 nitrogen and oxygen atoms in total. The summed E-state index contributed by atoms with van der Waals surface area (Å²) in [6.45, 7) is 37.8. The van der Waals surface area contributed by atoms with Crippen molar-refractivity contribution < 1.29 is 0 Å². The summed E-state index contributed by atoms with van der Waals surface area (Å²) < 4.78 is 5.24. The summed E-state index contributed by atoms with van der Waals surface area (Å²) in [6, 6.07) is 38.7. The Balaban J connectivity index is 1.07. The third-order valence-electron chi connectivity index (χ3n) is 19.1. The topological polar surface area (TPSA) is 15.3 Å². The van der Waals surface area contributed by atoms with Crippen LogP contribution in [0.2, 0.25) is 0 Å². The minimum absolute atomic E-state index is 0.159. The summed E-state index contributed by atoms with van der Waals surface area (Å²) in [5, 5.41) is 10.5. The number of aryl methyl sites for hydroxylation is 2. The van der Waals surface area contributed by atoms with Crippen LogP contribution < -0.4 is 9.80 Å². The smallest absolute Gasteiger partial charge is 0.0641 e. The molecule has 13 rings (SSSR count). The van der Waals surface area contributed by atoms with Crippen LogP contribution in [0.4, 0.5) is 17.1 Å². The van der Waals surface area contributed by atoms with Crippen LogP contribution in [-0.4, -0.2) is 20.9 Å². The van der Waals surface area contributed by atoms with Gasteiger partial charge >= 0.3 is 0 Å². The van der Waals surface area contributed by atoms with E-state index in [1.54, 1.807) is 0 Å². The third-order valence-corrected chi connectivity index (χ3v) is 19.1. The van der Waals surface area contributed by atoms with Crippen molar-refractivity contribution in [2.45, 2.75) is 142 Å². The first-order chi connectivity index (χ1) is 37.3. The SMILES string of the molecule is CC1=CC(N(C2=C[C@@H](C)C(C(C)C)C(C)=C2)c2ccc3c4cc5c(cc4n4c6ccccc6c2c34)c2ccc(N(c3cc(C)c(C(C)C)c(C)c3)C3C=C(C)C(C(C)C)=C(C)C3)c3c4ccccc4n5c23)CC(C)=C1C(C)C. The van der Waals surface area contributed by atoms with Gasteiger partial charge in [-0.05, 0) is 190 Å². The van der Waals surface area contributed by atoms with Gasteiger partial charge < -0.3 is 18.6 Å². The second kappa shape index (κ2) is 18.3. The van der Waals surface area contributed by atoms with Crippen LogP contribution >= 0.6 is 0 Å². The molecule has 4 heteroatoms. The Morgan fingerprint density at radius 1 is 0.474 bits per heavy atom. The van der Waals surface area contributed by atoms with Gasteiger partial charge in [-0.1, -0.05) is 146 Å². The summed E-state index contributed by atoms with van der Waals surface area (Å²) >= 11 is 0. The van der Waals surface area contributed by atoms with Crippen LogP contribution in [0.25, 0.3) is 76.2 Å². The third kappa shape index (κ3) is 7.29. The average Bonchev–Trinajstić information content (AvgIpc) is 4.28.